The van der Waals surface area contributed by atoms with Gasteiger partial charge in [-0.2, -0.15) is 5.10 Å². The molecule has 0 atom stereocenters. The molecule has 1 aromatic carbocycles. The Kier molecular flexibility index (Phi) is 4.86. The molecule has 1 aromatic heterocycles. The molecule has 20 heavy (non-hydrogen) atoms. The van der Waals surface area contributed by atoms with Gasteiger partial charge in [0.2, 0.25) is 0 Å². The van der Waals surface area contributed by atoms with E-state index in [1.54, 1.807) is 18.3 Å². The molecule has 0 saturated carbocycles. The zero-order valence-electron chi connectivity index (χ0n) is 10.6. The Morgan fingerprint density at radius 3 is 2.85 bits per heavy atom. The number of nitrogens with zero attached hydrogens (tertiary/aromatic N) is 2. The average Bonchev–Trinajstić information content (AvgIpc) is 2.43. The molecule has 3 N–H and O–H groups in total. The smallest absolute Gasteiger partial charge is 0.269 e. The van der Waals surface area contributed by atoms with Gasteiger partial charge >= 0.3 is 0 Å². The molecule has 2 rings (SSSR count). The average molecular weight is 341 g/mol. The van der Waals surface area contributed by atoms with Gasteiger partial charge in [0.05, 0.1) is 22.9 Å². The van der Waals surface area contributed by atoms with Crippen LogP contribution in [0.4, 0.5) is 10.1 Å². The molecule has 0 aliphatic heterocycles. The van der Waals surface area contributed by atoms with Gasteiger partial charge in [-0.05, 0) is 33.6 Å². The predicted molar refractivity (Wildman–Crippen MR) is 79.2 cm³/mol. The van der Waals surface area contributed by atoms with Gasteiger partial charge < -0.3 is 11.1 Å². The first-order valence-electron chi connectivity index (χ1n) is 6.05. The summed E-state index contributed by atoms with van der Waals surface area (Å²) >= 11 is 3.11. The minimum atomic E-state index is -0.338. The van der Waals surface area contributed by atoms with E-state index in [-0.39, 0.29) is 17.9 Å². The highest BCUT2D eigenvalue weighted by molar-refractivity contribution is 9.10. The van der Waals surface area contributed by atoms with E-state index in [4.69, 9.17) is 5.73 Å². The Hall–Kier alpha value is -1.73. The number of hydrogen-bond donors (Lipinski definition) is 2. The van der Waals surface area contributed by atoms with E-state index in [0.29, 0.717) is 23.2 Å². The topological polar surface area (TPSA) is 72.9 Å². The maximum Gasteiger partial charge on any atom is 0.269 e. The number of nitrogens with one attached hydrogen (secondary N) is 1. The Labute approximate surface area is 123 Å². The van der Waals surface area contributed by atoms with Gasteiger partial charge in [0.15, 0.2) is 0 Å². The second kappa shape index (κ2) is 6.62. The summed E-state index contributed by atoms with van der Waals surface area (Å²) in [5, 5.41) is 7.06. The largest absolute Gasteiger partial charge is 0.382 e. The van der Waals surface area contributed by atoms with Crippen LogP contribution in [-0.2, 0) is 6.54 Å². The lowest BCUT2D eigenvalue weighted by Gasteiger charge is -2.08. The lowest BCUT2D eigenvalue weighted by molar-refractivity contribution is 0.613. The standard InChI is InChI=1S/C13H14BrFN4O/c14-11-5-9(1-2-12(11)15)8-19-13(20)6-10(7-18-19)17-4-3-16/h1-2,5-7,17H,3-4,8,16H2. The second-order valence-corrected chi connectivity index (χ2v) is 5.06. The molecule has 2 aromatic rings. The number of benzene rings is 1. The summed E-state index contributed by atoms with van der Waals surface area (Å²) in [4.78, 5) is 11.9. The normalized spacial score (nSPS) is 10.6. The van der Waals surface area contributed by atoms with Crippen molar-refractivity contribution in [3.8, 4) is 0 Å². The predicted octanol–water partition coefficient (Wildman–Crippen LogP) is 1.56. The maximum absolute atomic E-state index is 13.1. The number of hydrogen-bond acceptors (Lipinski definition) is 4. The Morgan fingerprint density at radius 2 is 2.20 bits per heavy atom. The molecule has 106 valence electrons. The molecule has 0 aliphatic carbocycles. The van der Waals surface area contributed by atoms with Gasteiger partial charge in [-0.15, -0.1) is 0 Å². The highest BCUT2D eigenvalue weighted by atomic mass is 79.9. The van der Waals surface area contributed by atoms with Crippen LogP contribution in [0.2, 0.25) is 0 Å². The lowest BCUT2D eigenvalue weighted by atomic mass is 10.2. The SMILES string of the molecule is NCCNc1cnn(Cc2ccc(F)c(Br)c2)c(=O)c1. The summed E-state index contributed by atoms with van der Waals surface area (Å²) in [5.41, 5.74) is 6.57. The summed E-state index contributed by atoms with van der Waals surface area (Å²) in [7, 11) is 0. The van der Waals surface area contributed by atoms with Gasteiger partial charge in [-0.1, -0.05) is 6.07 Å². The molecular formula is C13H14BrFN4O. The van der Waals surface area contributed by atoms with Crippen LogP contribution in [0.1, 0.15) is 5.56 Å². The van der Waals surface area contributed by atoms with E-state index in [0.717, 1.165) is 5.56 Å². The molecule has 0 amide bonds. The Balaban J connectivity index is 2.17. The fourth-order valence-corrected chi connectivity index (χ4v) is 2.10. The monoisotopic (exact) mass is 340 g/mol. The van der Waals surface area contributed by atoms with E-state index in [1.165, 1.54) is 16.8 Å². The molecule has 5 nitrogen and oxygen atoms in total. The van der Waals surface area contributed by atoms with Crippen LogP contribution < -0.4 is 16.6 Å². The third kappa shape index (κ3) is 3.64. The van der Waals surface area contributed by atoms with Gasteiger partial charge in [0, 0.05) is 19.2 Å². The van der Waals surface area contributed by atoms with Gasteiger partial charge in [-0.3, -0.25) is 4.79 Å². The molecule has 0 spiro atoms. The van der Waals surface area contributed by atoms with Crippen LogP contribution in [0.15, 0.2) is 39.7 Å². The minimum Gasteiger partial charge on any atom is -0.382 e. The van der Waals surface area contributed by atoms with E-state index in [1.807, 2.05) is 0 Å². The number of halogens is 2. The zero-order chi connectivity index (χ0) is 14.5. The first-order valence-corrected chi connectivity index (χ1v) is 6.84. The molecule has 0 unspecified atom stereocenters. The third-order valence-corrected chi connectivity index (χ3v) is 3.27. The Morgan fingerprint density at radius 1 is 1.40 bits per heavy atom. The molecule has 0 fully saturated rings. The zero-order valence-corrected chi connectivity index (χ0v) is 12.2. The van der Waals surface area contributed by atoms with Crippen molar-refractivity contribution in [2.24, 2.45) is 5.73 Å². The first kappa shape index (κ1) is 14.7. The van der Waals surface area contributed by atoms with E-state index >= 15 is 0 Å². The molecule has 0 bridgehead atoms. The number of anilines is 1. The minimum absolute atomic E-state index is 0.229. The van der Waals surface area contributed by atoms with Gasteiger partial charge in [0.1, 0.15) is 5.82 Å². The molecule has 7 heteroatoms. The van der Waals surface area contributed by atoms with Crippen molar-refractivity contribution in [1.29, 1.82) is 0 Å². The van der Waals surface area contributed by atoms with Crippen LogP contribution in [0, 0.1) is 5.82 Å². The quantitative estimate of drug-likeness (QED) is 0.866. The maximum atomic E-state index is 13.1. The van der Waals surface area contributed by atoms with Crippen molar-refractivity contribution < 1.29 is 4.39 Å². The molecular weight excluding hydrogens is 327 g/mol. The fraction of sp³-hybridized carbons (Fsp3) is 0.231. The lowest BCUT2D eigenvalue weighted by Crippen LogP contribution is -2.24. The van der Waals surface area contributed by atoms with Crippen molar-refractivity contribution in [1.82, 2.24) is 9.78 Å². The summed E-state index contributed by atoms with van der Waals surface area (Å²) in [6, 6.07) is 6.06. The van der Waals surface area contributed by atoms with E-state index < -0.39 is 0 Å². The van der Waals surface area contributed by atoms with Crippen molar-refractivity contribution in [3.63, 3.8) is 0 Å². The van der Waals surface area contributed by atoms with Crippen molar-refractivity contribution >= 4 is 21.6 Å². The number of rotatable bonds is 5. The number of nitrogens with two attached hydrogens (primary N) is 1. The van der Waals surface area contributed by atoms with Crippen LogP contribution >= 0.6 is 15.9 Å². The first-order chi connectivity index (χ1) is 9.60. The Bertz CT molecular complexity index is 659. The number of aromatic nitrogens is 2. The summed E-state index contributed by atoms with van der Waals surface area (Å²) in [5.74, 6) is -0.338. The van der Waals surface area contributed by atoms with Gasteiger partial charge in [-0.25, -0.2) is 9.07 Å². The van der Waals surface area contributed by atoms with Crippen molar-refractivity contribution in [2.45, 2.75) is 6.54 Å². The summed E-state index contributed by atoms with van der Waals surface area (Å²) < 4.78 is 14.8. The van der Waals surface area contributed by atoms with Gasteiger partial charge in [0.25, 0.3) is 5.56 Å². The third-order valence-electron chi connectivity index (χ3n) is 2.66. The van der Waals surface area contributed by atoms with E-state index in [2.05, 4.69) is 26.3 Å². The van der Waals surface area contributed by atoms with Crippen LogP contribution in [0.25, 0.3) is 0 Å². The second-order valence-electron chi connectivity index (χ2n) is 4.20. The fourth-order valence-electron chi connectivity index (χ4n) is 1.68. The van der Waals surface area contributed by atoms with Crippen LogP contribution in [0.3, 0.4) is 0 Å². The van der Waals surface area contributed by atoms with Crippen molar-refractivity contribution in [2.75, 3.05) is 18.4 Å². The van der Waals surface area contributed by atoms with Crippen LogP contribution in [0.5, 0.6) is 0 Å². The molecule has 0 aliphatic rings. The molecule has 0 radical (unpaired) electrons. The summed E-state index contributed by atoms with van der Waals surface area (Å²) in [6.45, 7) is 1.34. The summed E-state index contributed by atoms with van der Waals surface area (Å²) in [6.07, 6.45) is 1.57. The highest BCUT2D eigenvalue weighted by Crippen LogP contribution is 2.17. The molecule has 0 saturated heterocycles. The van der Waals surface area contributed by atoms with E-state index in [9.17, 15) is 9.18 Å². The van der Waals surface area contributed by atoms with Crippen LogP contribution in [-0.4, -0.2) is 22.9 Å². The highest BCUT2D eigenvalue weighted by Gasteiger charge is 2.04. The van der Waals surface area contributed by atoms with Crippen molar-refractivity contribution in [3.05, 3.63) is 56.7 Å². The molecule has 1 heterocycles.